The molecule has 2 heterocycles. The molecule has 0 radical (unpaired) electrons. The molecule has 5 nitrogen and oxygen atoms in total. The van der Waals surface area contributed by atoms with E-state index in [9.17, 15) is 4.79 Å². The lowest BCUT2D eigenvalue weighted by Gasteiger charge is -1.96. The molecule has 2 aromatic heterocycles. The molecule has 0 aromatic carbocycles. The third-order valence-electron chi connectivity index (χ3n) is 2.04. The van der Waals surface area contributed by atoms with E-state index in [0.717, 1.165) is 10.0 Å². The van der Waals surface area contributed by atoms with Gasteiger partial charge in [0, 0.05) is 10.7 Å². The lowest BCUT2D eigenvalue weighted by atomic mass is 10.3. The van der Waals surface area contributed by atoms with Gasteiger partial charge in [-0.25, -0.2) is 14.3 Å². The van der Waals surface area contributed by atoms with Crippen molar-refractivity contribution in [1.82, 2.24) is 14.6 Å². The summed E-state index contributed by atoms with van der Waals surface area (Å²) in [5.74, 6) is -0.412. The first-order chi connectivity index (χ1) is 7.61. The minimum absolute atomic E-state index is 0.0862. The van der Waals surface area contributed by atoms with Crippen molar-refractivity contribution < 1.29 is 9.53 Å². The van der Waals surface area contributed by atoms with Crippen LogP contribution in [0.5, 0.6) is 0 Å². The third-order valence-corrected chi connectivity index (χ3v) is 2.48. The van der Waals surface area contributed by atoms with Gasteiger partial charge in [-0.2, -0.15) is 0 Å². The first-order valence-corrected chi connectivity index (χ1v) is 5.60. The van der Waals surface area contributed by atoms with Crippen LogP contribution in [-0.2, 0) is 4.74 Å². The zero-order valence-corrected chi connectivity index (χ0v) is 10.5. The number of rotatable bonds is 2. The average molecular weight is 284 g/mol. The quantitative estimate of drug-likeness (QED) is 0.791. The summed E-state index contributed by atoms with van der Waals surface area (Å²) in [6.45, 7) is 3.97. The molecule has 0 N–H and O–H groups in total. The van der Waals surface area contributed by atoms with Crippen molar-refractivity contribution >= 4 is 27.5 Å². The number of carbonyl (C=O) groups is 1. The maximum absolute atomic E-state index is 11.4. The zero-order chi connectivity index (χ0) is 11.7. The van der Waals surface area contributed by atoms with Crippen molar-refractivity contribution in [2.45, 2.75) is 13.8 Å². The van der Waals surface area contributed by atoms with Crippen molar-refractivity contribution in [2.24, 2.45) is 0 Å². The van der Waals surface area contributed by atoms with Crippen LogP contribution in [0.15, 0.2) is 16.7 Å². The predicted octanol–water partition coefficient (Wildman–Crippen LogP) is 1.98. The predicted molar refractivity (Wildman–Crippen MR) is 61.4 cm³/mol. The van der Waals surface area contributed by atoms with Gasteiger partial charge < -0.3 is 4.74 Å². The van der Waals surface area contributed by atoms with Crippen LogP contribution in [0.4, 0.5) is 0 Å². The Balaban J connectivity index is 2.51. The van der Waals surface area contributed by atoms with E-state index < -0.39 is 5.97 Å². The van der Waals surface area contributed by atoms with Gasteiger partial charge in [-0.1, -0.05) is 0 Å². The van der Waals surface area contributed by atoms with Gasteiger partial charge in [-0.05, 0) is 41.4 Å². The van der Waals surface area contributed by atoms with Crippen molar-refractivity contribution in [3.63, 3.8) is 0 Å². The zero-order valence-electron chi connectivity index (χ0n) is 8.90. The highest BCUT2D eigenvalue weighted by atomic mass is 79.9. The van der Waals surface area contributed by atoms with Crippen LogP contribution in [-0.4, -0.2) is 27.2 Å². The van der Waals surface area contributed by atoms with Crippen molar-refractivity contribution in [3.8, 4) is 0 Å². The standard InChI is InChI=1S/C10H10BrN3O2/c1-3-16-10(15)8-12-9-6(2)4-7(11)5-14(9)13-8/h4-5H,3H2,1-2H3. The first kappa shape index (κ1) is 11.1. The highest BCUT2D eigenvalue weighted by Gasteiger charge is 2.14. The van der Waals surface area contributed by atoms with Gasteiger partial charge >= 0.3 is 5.97 Å². The number of hydrogen-bond donors (Lipinski definition) is 0. The molecule has 0 saturated heterocycles. The maximum Gasteiger partial charge on any atom is 0.378 e. The van der Waals surface area contributed by atoms with Crippen LogP contribution >= 0.6 is 15.9 Å². The lowest BCUT2D eigenvalue weighted by molar-refractivity contribution is 0.0512. The number of carbonyl (C=O) groups excluding carboxylic acids is 1. The Kier molecular flexibility index (Phi) is 2.91. The van der Waals surface area contributed by atoms with Gasteiger partial charge in [0.2, 0.25) is 0 Å². The Morgan fingerprint density at radius 1 is 1.62 bits per heavy atom. The number of ether oxygens (including phenoxy) is 1. The lowest BCUT2D eigenvalue weighted by Crippen LogP contribution is -2.06. The molecule has 0 saturated carbocycles. The van der Waals surface area contributed by atoms with E-state index in [2.05, 4.69) is 26.0 Å². The van der Waals surface area contributed by atoms with Gasteiger partial charge in [0.25, 0.3) is 5.82 Å². The Morgan fingerprint density at radius 3 is 3.06 bits per heavy atom. The Bertz CT molecular complexity index is 550. The van der Waals surface area contributed by atoms with Crippen LogP contribution in [0.3, 0.4) is 0 Å². The largest absolute Gasteiger partial charge is 0.460 e. The molecular formula is C10H10BrN3O2. The number of aromatic nitrogens is 3. The summed E-state index contributed by atoms with van der Waals surface area (Å²) in [6.07, 6.45) is 1.75. The molecule has 2 aromatic rings. The minimum atomic E-state index is -0.498. The fraction of sp³-hybridized carbons (Fsp3) is 0.300. The van der Waals surface area contributed by atoms with Gasteiger partial charge in [0.15, 0.2) is 5.65 Å². The molecule has 0 bridgehead atoms. The van der Waals surface area contributed by atoms with Crippen LogP contribution in [0.2, 0.25) is 0 Å². The number of fused-ring (bicyclic) bond motifs is 1. The normalized spacial score (nSPS) is 10.7. The van der Waals surface area contributed by atoms with E-state index in [-0.39, 0.29) is 5.82 Å². The summed E-state index contributed by atoms with van der Waals surface area (Å²) in [6, 6.07) is 1.92. The molecule has 0 aliphatic heterocycles. The topological polar surface area (TPSA) is 56.5 Å². The molecule has 2 rings (SSSR count). The third kappa shape index (κ3) is 1.92. The molecule has 0 unspecified atom stereocenters. The van der Waals surface area contributed by atoms with E-state index >= 15 is 0 Å². The number of pyridine rings is 1. The summed E-state index contributed by atoms with van der Waals surface area (Å²) >= 11 is 3.36. The Labute approximate surface area is 101 Å². The fourth-order valence-corrected chi connectivity index (χ4v) is 1.93. The molecule has 0 atom stereocenters. The van der Waals surface area contributed by atoms with Crippen LogP contribution < -0.4 is 0 Å². The van der Waals surface area contributed by atoms with E-state index in [0.29, 0.717) is 12.3 Å². The highest BCUT2D eigenvalue weighted by Crippen LogP contribution is 2.15. The SMILES string of the molecule is CCOC(=O)c1nc2c(C)cc(Br)cn2n1. The van der Waals surface area contributed by atoms with E-state index in [1.54, 1.807) is 17.6 Å². The van der Waals surface area contributed by atoms with Crippen LogP contribution in [0, 0.1) is 6.92 Å². The molecule has 0 fully saturated rings. The smallest absolute Gasteiger partial charge is 0.378 e. The van der Waals surface area contributed by atoms with E-state index in [1.807, 2.05) is 13.0 Å². The molecule has 16 heavy (non-hydrogen) atoms. The van der Waals surface area contributed by atoms with Crippen molar-refractivity contribution in [3.05, 3.63) is 28.1 Å². The van der Waals surface area contributed by atoms with Crippen molar-refractivity contribution in [1.29, 1.82) is 0 Å². The summed E-state index contributed by atoms with van der Waals surface area (Å²) in [5, 5.41) is 4.05. The van der Waals surface area contributed by atoms with Gasteiger partial charge in [0.05, 0.1) is 6.61 Å². The summed E-state index contributed by atoms with van der Waals surface area (Å²) in [5.41, 5.74) is 1.60. The van der Waals surface area contributed by atoms with Crippen LogP contribution in [0.1, 0.15) is 23.1 Å². The van der Waals surface area contributed by atoms with Crippen molar-refractivity contribution in [2.75, 3.05) is 6.61 Å². The Morgan fingerprint density at radius 2 is 2.38 bits per heavy atom. The summed E-state index contributed by atoms with van der Waals surface area (Å²) in [7, 11) is 0. The molecule has 0 spiro atoms. The first-order valence-electron chi connectivity index (χ1n) is 4.81. The second-order valence-corrected chi connectivity index (χ2v) is 4.18. The van der Waals surface area contributed by atoms with Crippen LogP contribution in [0.25, 0.3) is 5.65 Å². The van der Waals surface area contributed by atoms with E-state index in [1.165, 1.54) is 0 Å². The summed E-state index contributed by atoms with van der Waals surface area (Å²) < 4.78 is 7.29. The molecule has 6 heteroatoms. The fourth-order valence-electron chi connectivity index (χ4n) is 1.39. The van der Waals surface area contributed by atoms with Gasteiger partial charge in [-0.3, -0.25) is 0 Å². The monoisotopic (exact) mass is 283 g/mol. The number of nitrogens with zero attached hydrogens (tertiary/aromatic N) is 3. The molecular weight excluding hydrogens is 274 g/mol. The van der Waals surface area contributed by atoms with E-state index in [4.69, 9.17) is 4.74 Å². The molecule has 0 aliphatic carbocycles. The number of hydrogen-bond acceptors (Lipinski definition) is 4. The number of aryl methyl sites for hydroxylation is 1. The highest BCUT2D eigenvalue weighted by molar-refractivity contribution is 9.10. The molecule has 0 amide bonds. The minimum Gasteiger partial charge on any atom is -0.460 e. The number of halogens is 1. The second kappa shape index (κ2) is 4.21. The molecule has 0 aliphatic rings. The molecule has 84 valence electrons. The second-order valence-electron chi connectivity index (χ2n) is 3.27. The Hall–Kier alpha value is -1.43. The average Bonchev–Trinajstić information content (AvgIpc) is 2.62. The summed E-state index contributed by atoms with van der Waals surface area (Å²) in [4.78, 5) is 15.6. The number of esters is 1. The van der Waals surface area contributed by atoms with Gasteiger partial charge in [0.1, 0.15) is 0 Å². The van der Waals surface area contributed by atoms with Gasteiger partial charge in [-0.15, -0.1) is 5.10 Å². The maximum atomic E-state index is 11.4.